The minimum atomic E-state index is -0.0843. The van der Waals surface area contributed by atoms with E-state index in [9.17, 15) is 4.79 Å². The molecule has 1 N–H and O–H groups in total. The SMILES string of the molecule is CC1=NN(c2ccc(C(=O)NCc3ccc(OCCN(C)C)cc3)cc2)CC1. The van der Waals surface area contributed by atoms with Crippen molar-refractivity contribution in [3.8, 4) is 5.75 Å². The number of carbonyl (C=O) groups excluding carboxylic acids is 1. The zero-order valence-corrected chi connectivity index (χ0v) is 16.8. The Kier molecular flexibility index (Phi) is 6.66. The van der Waals surface area contributed by atoms with Gasteiger partial charge in [0, 0.05) is 37.3 Å². The summed E-state index contributed by atoms with van der Waals surface area (Å²) in [6.45, 7) is 4.94. The minimum Gasteiger partial charge on any atom is -0.492 e. The molecule has 0 atom stereocenters. The van der Waals surface area contributed by atoms with E-state index in [0.717, 1.165) is 42.2 Å². The van der Waals surface area contributed by atoms with E-state index in [-0.39, 0.29) is 5.91 Å². The molecule has 0 bridgehead atoms. The average Bonchev–Trinajstić information content (AvgIpc) is 3.13. The van der Waals surface area contributed by atoms with Crippen molar-refractivity contribution in [1.82, 2.24) is 10.2 Å². The summed E-state index contributed by atoms with van der Waals surface area (Å²) < 4.78 is 5.68. The van der Waals surface area contributed by atoms with Crippen molar-refractivity contribution < 1.29 is 9.53 Å². The van der Waals surface area contributed by atoms with E-state index in [4.69, 9.17) is 4.74 Å². The summed E-state index contributed by atoms with van der Waals surface area (Å²) in [6.07, 6.45) is 0.988. The van der Waals surface area contributed by atoms with Crippen molar-refractivity contribution in [2.75, 3.05) is 38.8 Å². The van der Waals surface area contributed by atoms with Gasteiger partial charge in [-0.3, -0.25) is 9.80 Å². The van der Waals surface area contributed by atoms with Crippen LogP contribution < -0.4 is 15.1 Å². The van der Waals surface area contributed by atoms with Crippen molar-refractivity contribution in [2.45, 2.75) is 19.9 Å². The van der Waals surface area contributed by atoms with Crippen LogP contribution in [0.15, 0.2) is 53.6 Å². The Hall–Kier alpha value is -2.86. The van der Waals surface area contributed by atoms with Gasteiger partial charge in [0.05, 0.1) is 5.69 Å². The third-order valence-electron chi connectivity index (χ3n) is 4.59. The molecule has 1 aliphatic rings. The second kappa shape index (κ2) is 9.37. The molecule has 0 aromatic heterocycles. The first-order chi connectivity index (χ1) is 13.5. The number of nitrogens with one attached hydrogen (secondary N) is 1. The van der Waals surface area contributed by atoms with Crippen LogP contribution in [0.1, 0.15) is 29.3 Å². The quantitative estimate of drug-likeness (QED) is 0.764. The predicted octanol–water partition coefficient (Wildman–Crippen LogP) is 3.14. The summed E-state index contributed by atoms with van der Waals surface area (Å²) >= 11 is 0. The molecule has 6 heteroatoms. The molecular formula is C22H28N4O2. The summed E-state index contributed by atoms with van der Waals surface area (Å²) in [5.74, 6) is 0.756. The lowest BCUT2D eigenvalue weighted by atomic mass is 10.1. The number of hydrazone groups is 1. The first kappa shape index (κ1) is 19.9. The van der Waals surface area contributed by atoms with Gasteiger partial charge in [0.1, 0.15) is 12.4 Å². The number of nitrogens with zero attached hydrogens (tertiary/aromatic N) is 3. The zero-order valence-electron chi connectivity index (χ0n) is 16.8. The predicted molar refractivity (Wildman–Crippen MR) is 113 cm³/mol. The van der Waals surface area contributed by atoms with E-state index in [2.05, 4.69) is 15.3 Å². The molecule has 1 heterocycles. The normalized spacial score (nSPS) is 13.6. The highest BCUT2D eigenvalue weighted by Gasteiger charge is 2.13. The van der Waals surface area contributed by atoms with Crippen LogP contribution in [0, 0.1) is 0 Å². The van der Waals surface area contributed by atoms with Gasteiger partial charge in [-0.15, -0.1) is 0 Å². The van der Waals surface area contributed by atoms with Gasteiger partial charge in [-0.05, 0) is 63.0 Å². The van der Waals surface area contributed by atoms with Crippen molar-refractivity contribution in [2.24, 2.45) is 5.10 Å². The largest absolute Gasteiger partial charge is 0.492 e. The van der Waals surface area contributed by atoms with Crippen molar-refractivity contribution >= 4 is 17.3 Å². The fourth-order valence-electron chi connectivity index (χ4n) is 2.88. The Morgan fingerprint density at radius 3 is 2.46 bits per heavy atom. The van der Waals surface area contributed by atoms with Crippen LogP contribution in [0.5, 0.6) is 5.75 Å². The first-order valence-corrected chi connectivity index (χ1v) is 9.57. The number of benzene rings is 2. The molecular weight excluding hydrogens is 352 g/mol. The van der Waals surface area contributed by atoms with Gasteiger partial charge in [0.25, 0.3) is 5.91 Å². The van der Waals surface area contributed by atoms with E-state index in [1.165, 1.54) is 0 Å². The molecule has 1 aliphatic heterocycles. The molecule has 1 amide bonds. The van der Waals surface area contributed by atoms with E-state index in [0.29, 0.717) is 18.7 Å². The Morgan fingerprint density at radius 1 is 1.14 bits per heavy atom. The Labute approximate surface area is 166 Å². The van der Waals surface area contributed by atoms with Crippen LogP contribution in [0.4, 0.5) is 5.69 Å². The molecule has 3 rings (SSSR count). The number of rotatable bonds is 8. The average molecular weight is 380 g/mol. The monoisotopic (exact) mass is 380 g/mol. The number of ether oxygens (including phenoxy) is 1. The molecule has 0 saturated carbocycles. The molecule has 0 aliphatic carbocycles. The molecule has 0 saturated heterocycles. The number of carbonyl (C=O) groups is 1. The molecule has 0 unspecified atom stereocenters. The van der Waals surface area contributed by atoms with Crippen molar-refractivity contribution in [3.63, 3.8) is 0 Å². The number of anilines is 1. The van der Waals surface area contributed by atoms with Crippen LogP contribution in [0.25, 0.3) is 0 Å². The highest BCUT2D eigenvalue weighted by Crippen LogP contribution is 2.20. The zero-order chi connectivity index (χ0) is 19.9. The maximum atomic E-state index is 12.4. The second-order valence-electron chi connectivity index (χ2n) is 7.23. The lowest BCUT2D eigenvalue weighted by molar-refractivity contribution is 0.0951. The third-order valence-corrected chi connectivity index (χ3v) is 4.59. The highest BCUT2D eigenvalue weighted by molar-refractivity contribution is 5.94. The topological polar surface area (TPSA) is 57.2 Å². The molecule has 2 aromatic rings. The molecule has 148 valence electrons. The molecule has 2 aromatic carbocycles. The number of hydrogen-bond acceptors (Lipinski definition) is 5. The maximum Gasteiger partial charge on any atom is 0.251 e. The first-order valence-electron chi connectivity index (χ1n) is 9.57. The van der Waals surface area contributed by atoms with Gasteiger partial charge < -0.3 is 15.0 Å². The maximum absolute atomic E-state index is 12.4. The van der Waals surface area contributed by atoms with Crippen LogP contribution in [0.3, 0.4) is 0 Å². The Balaban J connectivity index is 1.48. The summed E-state index contributed by atoms with van der Waals surface area (Å²) in [5, 5.41) is 9.41. The highest BCUT2D eigenvalue weighted by atomic mass is 16.5. The van der Waals surface area contributed by atoms with E-state index in [1.54, 1.807) is 0 Å². The fourth-order valence-corrected chi connectivity index (χ4v) is 2.88. The van der Waals surface area contributed by atoms with Gasteiger partial charge in [0.2, 0.25) is 0 Å². The van der Waals surface area contributed by atoms with E-state index in [1.807, 2.05) is 74.6 Å². The van der Waals surface area contributed by atoms with Gasteiger partial charge in [-0.25, -0.2) is 0 Å². The van der Waals surface area contributed by atoms with E-state index < -0.39 is 0 Å². The minimum absolute atomic E-state index is 0.0843. The Bertz CT molecular complexity index is 813. The van der Waals surface area contributed by atoms with Gasteiger partial charge in [0.15, 0.2) is 0 Å². The third kappa shape index (κ3) is 5.57. The summed E-state index contributed by atoms with van der Waals surface area (Å²) in [6, 6.07) is 15.4. The number of amides is 1. The van der Waals surface area contributed by atoms with Gasteiger partial charge in [-0.1, -0.05) is 12.1 Å². The lowest BCUT2D eigenvalue weighted by Gasteiger charge is -2.14. The number of likely N-dealkylation sites (N-methyl/N-ethyl adjacent to an activating group) is 1. The smallest absolute Gasteiger partial charge is 0.251 e. The fraction of sp³-hybridized carbons (Fsp3) is 0.364. The van der Waals surface area contributed by atoms with Crippen LogP contribution in [-0.2, 0) is 6.54 Å². The molecule has 0 fully saturated rings. The summed E-state index contributed by atoms with van der Waals surface area (Å²) in [7, 11) is 4.04. The van der Waals surface area contributed by atoms with Crippen LogP contribution >= 0.6 is 0 Å². The van der Waals surface area contributed by atoms with Crippen molar-refractivity contribution in [1.29, 1.82) is 0 Å². The standard InChI is InChI=1S/C22H28N4O2/c1-17-12-13-26(24-17)20-8-6-19(7-9-20)22(27)23-16-18-4-10-21(11-5-18)28-15-14-25(2)3/h4-11H,12-16H2,1-3H3,(H,23,27). The second-order valence-corrected chi connectivity index (χ2v) is 7.23. The summed E-state index contributed by atoms with van der Waals surface area (Å²) in [5.41, 5.74) is 3.83. The molecule has 0 radical (unpaired) electrons. The molecule has 28 heavy (non-hydrogen) atoms. The van der Waals surface area contributed by atoms with Gasteiger partial charge in [-0.2, -0.15) is 5.10 Å². The van der Waals surface area contributed by atoms with Crippen LogP contribution in [-0.4, -0.2) is 50.3 Å². The van der Waals surface area contributed by atoms with E-state index >= 15 is 0 Å². The van der Waals surface area contributed by atoms with Crippen molar-refractivity contribution in [3.05, 3.63) is 59.7 Å². The summed E-state index contributed by atoms with van der Waals surface area (Å²) in [4.78, 5) is 14.5. The lowest BCUT2D eigenvalue weighted by Crippen LogP contribution is -2.23. The molecule has 6 nitrogen and oxygen atoms in total. The molecule has 0 spiro atoms. The number of hydrogen-bond donors (Lipinski definition) is 1. The Morgan fingerprint density at radius 2 is 1.86 bits per heavy atom. The van der Waals surface area contributed by atoms with Gasteiger partial charge >= 0.3 is 0 Å². The van der Waals surface area contributed by atoms with Crippen LogP contribution in [0.2, 0.25) is 0 Å².